The molecule has 0 radical (unpaired) electrons. The Bertz CT molecular complexity index is 928. The van der Waals surface area contributed by atoms with Gasteiger partial charge in [0.1, 0.15) is 18.1 Å². The summed E-state index contributed by atoms with van der Waals surface area (Å²) >= 11 is 0. The highest BCUT2D eigenvalue weighted by molar-refractivity contribution is 7.89. The molecule has 0 bridgehead atoms. The molecule has 150 valence electrons. The predicted molar refractivity (Wildman–Crippen MR) is 106 cm³/mol. The maximum absolute atomic E-state index is 13.0. The number of carbonyl (C=O) groups is 1. The first-order valence-electron chi connectivity index (χ1n) is 9.22. The normalized spacial score (nSPS) is 13.8. The molecule has 8 heteroatoms. The van der Waals surface area contributed by atoms with Gasteiger partial charge in [-0.1, -0.05) is 19.1 Å². The van der Waals surface area contributed by atoms with E-state index in [1.807, 2.05) is 19.1 Å². The number of benzene rings is 2. The van der Waals surface area contributed by atoms with Gasteiger partial charge in [0.2, 0.25) is 15.9 Å². The standard InChI is InChI=1S/C20H24N2O5S/c1-3-21(28(24,25)17-11-9-16(10-12-17)26-4-2)15-20(23)22-13-14-27-19-8-6-5-7-18(19)22/h5-12H,3-4,13-15H2,1-2H3. The molecule has 0 aliphatic carbocycles. The van der Waals surface area contributed by atoms with Gasteiger partial charge in [-0.15, -0.1) is 0 Å². The van der Waals surface area contributed by atoms with Crippen molar-refractivity contribution in [2.75, 3.05) is 37.7 Å². The van der Waals surface area contributed by atoms with Crippen LogP contribution in [0.2, 0.25) is 0 Å². The molecule has 3 rings (SSSR count). The first-order valence-corrected chi connectivity index (χ1v) is 10.7. The lowest BCUT2D eigenvalue weighted by Crippen LogP contribution is -2.45. The third kappa shape index (κ3) is 4.13. The molecule has 0 N–H and O–H groups in total. The lowest BCUT2D eigenvalue weighted by molar-refractivity contribution is -0.119. The summed E-state index contributed by atoms with van der Waals surface area (Å²) in [6.07, 6.45) is 0. The Morgan fingerprint density at radius 3 is 2.54 bits per heavy atom. The Kier molecular flexibility index (Phi) is 6.21. The monoisotopic (exact) mass is 404 g/mol. The third-order valence-electron chi connectivity index (χ3n) is 4.47. The van der Waals surface area contributed by atoms with Crippen LogP contribution >= 0.6 is 0 Å². The van der Waals surface area contributed by atoms with Crippen LogP contribution in [-0.2, 0) is 14.8 Å². The van der Waals surface area contributed by atoms with E-state index in [1.165, 1.54) is 16.4 Å². The lowest BCUT2D eigenvalue weighted by atomic mass is 10.2. The first kappa shape index (κ1) is 20.2. The number of nitrogens with zero attached hydrogens (tertiary/aromatic N) is 2. The fraction of sp³-hybridized carbons (Fsp3) is 0.350. The molecule has 0 unspecified atom stereocenters. The fourth-order valence-corrected chi connectivity index (χ4v) is 4.45. The Morgan fingerprint density at radius 1 is 1.14 bits per heavy atom. The molecule has 2 aromatic carbocycles. The maximum atomic E-state index is 13.0. The molecule has 28 heavy (non-hydrogen) atoms. The summed E-state index contributed by atoms with van der Waals surface area (Å²) in [5.74, 6) is 0.942. The number of rotatable bonds is 7. The van der Waals surface area contributed by atoms with E-state index in [4.69, 9.17) is 9.47 Å². The van der Waals surface area contributed by atoms with E-state index in [-0.39, 0.29) is 23.9 Å². The second-order valence-corrected chi connectivity index (χ2v) is 8.14. The van der Waals surface area contributed by atoms with Gasteiger partial charge in [-0.25, -0.2) is 8.42 Å². The molecule has 1 aliphatic heterocycles. The minimum atomic E-state index is -3.79. The second-order valence-electron chi connectivity index (χ2n) is 6.20. The fourth-order valence-electron chi connectivity index (χ4n) is 3.06. The van der Waals surface area contributed by atoms with Gasteiger partial charge in [0.05, 0.1) is 30.3 Å². The maximum Gasteiger partial charge on any atom is 0.243 e. The van der Waals surface area contributed by atoms with Crippen molar-refractivity contribution in [1.82, 2.24) is 4.31 Å². The van der Waals surface area contributed by atoms with Crippen molar-refractivity contribution in [2.45, 2.75) is 18.7 Å². The van der Waals surface area contributed by atoms with Crippen molar-refractivity contribution in [1.29, 1.82) is 0 Å². The highest BCUT2D eigenvalue weighted by Gasteiger charge is 2.30. The van der Waals surface area contributed by atoms with E-state index < -0.39 is 10.0 Å². The van der Waals surface area contributed by atoms with Gasteiger partial charge in [0.15, 0.2) is 0 Å². The lowest BCUT2D eigenvalue weighted by Gasteiger charge is -2.31. The zero-order valence-corrected chi connectivity index (χ0v) is 16.8. The molecule has 0 saturated carbocycles. The molecule has 0 fully saturated rings. The van der Waals surface area contributed by atoms with Crippen molar-refractivity contribution in [3.05, 3.63) is 48.5 Å². The minimum Gasteiger partial charge on any atom is -0.494 e. The van der Waals surface area contributed by atoms with E-state index in [1.54, 1.807) is 36.1 Å². The first-order chi connectivity index (χ1) is 13.5. The van der Waals surface area contributed by atoms with Gasteiger partial charge in [-0.2, -0.15) is 4.31 Å². The summed E-state index contributed by atoms with van der Waals surface area (Å²) in [6.45, 7) is 4.79. The molecule has 0 spiro atoms. The molecule has 0 atom stereocenters. The Morgan fingerprint density at radius 2 is 1.86 bits per heavy atom. The van der Waals surface area contributed by atoms with Crippen LogP contribution < -0.4 is 14.4 Å². The topological polar surface area (TPSA) is 76.2 Å². The Hall–Kier alpha value is -2.58. The van der Waals surface area contributed by atoms with Crippen molar-refractivity contribution in [2.24, 2.45) is 0 Å². The van der Waals surface area contributed by atoms with Crippen molar-refractivity contribution in [3.63, 3.8) is 0 Å². The summed E-state index contributed by atoms with van der Waals surface area (Å²) in [7, 11) is -3.79. The summed E-state index contributed by atoms with van der Waals surface area (Å²) in [4.78, 5) is 14.6. The van der Waals surface area contributed by atoms with Gasteiger partial charge < -0.3 is 14.4 Å². The van der Waals surface area contributed by atoms with E-state index in [9.17, 15) is 13.2 Å². The van der Waals surface area contributed by atoms with Crippen molar-refractivity contribution >= 4 is 21.6 Å². The van der Waals surface area contributed by atoms with Crippen molar-refractivity contribution < 1.29 is 22.7 Å². The van der Waals surface area contributed by atoms with Crippen LogP contribution in [0.5, 0.6) is 11.5 Å². The number of likely N-dealkylation sites (N-methyl/N-ethyl adjacent to an activating group) is 1. The van der Waals surface area contributed by atoms with Crippen LogP contribution in [-0.4, -0.2) is 51.5 Å². The van der Waals surface area contributed by atoms with Gasteiger partial charge >= 0.3 is 0 Å². The quantitative estimate of drug-likeness (QED) is 0.709. The average molecular weight is 404 g/mol. The summed E-state index contributed by atoms with van der Waals surface area (Å²) in [6, 6.07) is 13.5. The van der Waals surface area contributed by atoms with Gasteiger partial charge in [0, 0.05) is 6.54 Å². The molecular formula is C20H24N2O5S. The largest absolute Gasteiger partial charge is 0.494 e. The van der Waals surface area contributed by atoms with Crippen LogP contribution in [0.4, 0.5) is 5.69 Å². The smallest absolute Gasteiger partial charge is 0.243 e. The van der Waals surface area contributed by atoms with Crippen LogP contribution in [0.3, 0.4) is 0 Å². The number of fused-ring (bicyclic) bond motifs is 1. The van der Waals surface area contributed by atoms with E-state index in [0.717, 1.165) is 0 Å². The van der Waals surface area contributed by atoms with Crippen LogP contribution in [0.15, 0.2) is 53.4 Å². The molecule has 0 saturated heterocycles. The van der Waals surface area contributed by atoms with Gasteiger partial charge in [-0.05, 0) is 43.3 Å². The van der Waals surface area contributed by atoms with Crippen LogP contribution in [0.25, 0.3) is 0 Å². The van der Waals surface area contributed by atoms with Gasteiger partial charge in [-0.3, -0.25) is 4.79 Å². The Balaban J connectivity index is 1.79. The van der Waals surface area contributed by atoms with E-state index in [2.05, 4.69) is 0 Å². The zero-order valence-electron chi connectivity index (χ0n) is 16.0. The molecule has 1 heterocycles. The SMILES string of the molecule is CCOc1ccc(S(=O)(=O)N(CC)CC(=O)N2CCOc3ccccc32)cc1. The number of carbonyl (C=O) groups excluding carboxylic acids is 1. The predicted octanol–water partition coefficient (Wildman–Crippen LogP) is 2.52. The van der Waals surface area contributed by atoms with Crippen molar-refractivity contribution in [3.8, 4) is 11.5 Å². The highest BCUT2D eigenvalue weighted by atomic mass is 32.2. The van der Waals surface area contributed by atoms with E-state index >= 15 is 0 Å². The molecule has 1 amide bonds. The van der Waals surface area contributed by atoms with Gasteiger partial charge in [0.25, 0.3) is 0 Å². The number of hydrogen-bond donors (Lipinski definition) is 0. The number of para-hydroxylation sites is 2. The second kappa shape index (κ2) is 8.62. The number of anilines is 1. The molecule has 0 aromatic heterocycles. The third-order valence-corrected chi connectivity index (χ3v) is 6.40. The molecular weight excluding hydrogens is 380 g/mol. The zero-order chi connectivity index (χ0) is 20.1. The highest BCUT2D eigenvalue weighted by Crippen LogP contribution is 2.31. The van der Waals surface area contributed by atoms with Crippen LogP contribution in [0, 0.1) is 0 Å². The Labute approximate surface area is 165 Å². The molecule has 2 aromatic rings. The minimum absolute atomic E-state index is 0.132. The average Bonchev–Trinajstić information content (AvgIpc) is 2.72. The van der Waals surface area contributed by atoms with E-state index in [0.29, 0.717) is 36.9 Å². The number of ether oxygens (including phenoxy) is 2. The number of hydrogen-bond acceptors (Lipinski definition) is 5. The molecule has 7 nitrogen and oxygen atoms in total. The number of sulfonamides is 1. The summed E-state index contributed by atoms with van der Waals surface area (Å²) in [5, 5.41) is 0. The molecule has 1 aliphatic rings. The van der Waals surface area contributed by atoms with Crippen LogP contribution in [0.1, 0.15) is 13.8 Å². The summed E-state index contributed by atoms with van der Waals surface area (Å²) in [5.41, 5.74) is 0.660. The summed E-state index contributed by atoms with van der Waals surface area (Å²) < 4.78 is 38.1. The number of amides is 1.